The molecule has 17 heavy (non-hydrogen) atoms. The fraction of sp³-hybridized carbons (Fsp3) is 0.600. The minimum atomic E-state index is -3.45. The lowest BCUT2D eigenvalue weighted by Crippen LogP contribution is -2.33. The highest BCUT2D eigenvalue weighted by atomic mass is 32.2. The Morgan fingerprint density at radius 1 is 1.65 bits per heavy atom. The van der Waals surface area contributed by atoms with Crippen molar-refractivity contribution in [1.82, 2.24) is 9.29 Å². The van der Waals surface area contributed by atoms with Crippen molar-refractivity contribution in [2.75, 3.05) is 6.54 Å². The van der Waals surface area contributed by atoms with Crippen LogP contribution in [0.15, 0.2) is 10.4 Å². The van der Waals surface area contributed by atoms with Crippen LogP contribution < -0.4 is 0 Å². The summed E-state index contributed by atoms with van der Waals surface area (Å²) in [6.45, 7) is 2.06. The van der Waals surface area contributed by atoms with Crippen molar-refractivity contribution < 1.29 is 8.42 Å². The second-order valence-corrected chi connectivity index (χ2v) is 7.31. The standard InChI is InChI=1S/C10H13N3O2S2/c1-8-12-7-10(16-8)17(14,15)13(6-2-5-11)9-3-4-9/h7,9H,2-4,6H2,1H3. The van der Waals surface area contributed by atoms with Gasteiger partial charge in [0.2, 0.25) is 0 Å². The van der Waals surface area contributed by atoms with Crippen molar-refractivity contribution in [3.63, 3.8) is 0 Å². The van der Waals surface area contributed by atoms with Gasteiger partial charge in [-0.2, -0.15) is 9.57 Å². The highest BCUT2D eigenvalue weighted by molar-refractivity contribution is 7.91. The lowest BCUT2D eigenvalue weighted by atomic mass is 10.4. The number of nitrogens with zero attached hydrogens (tertiary/aromatic N) is 3. The number of thiazole rings is 1. The molecule has 0 amide bonds. The molecule has 1 aromatic rings. The van der Waals surface area contributed by atoms with Gasteiger partial charge in [0.1, 0.15) is 0 Å². The van der Waals surface area contributed by atoms with Crippen LogP contribution in [0.25, 0.3) is 0 Å². The highest BCUT2D eigenvalue weighted by Gasteiger charge is 2.38. The van der Waals surface area contributed by atoms with Gasteiger partial charge in [-0.15, -0.1) is 11.3 Å². The number of hydrogen-bond donors (Lipinski definition) is 0. The first kappa shape index (κ1) is 12.5. The minimum Gasteiger partial charge on any atom is -0.249 e. The molecule has 0 unspecified atom stereocenters. The first-order chi connectivity index (χ1) is 8.05. The Morgan fingerprint density at radius 3 is 2.82 bits per heavy atom. The second kappa shape index (κ2) is 4.72. The average molecular weight is 271 g/mol. The third-order valence-electron chi connectivity index (χ3n) is 2.56. The van der Waals surface area contributed by atoms with E-state index >= 15 is 0 Å². The zero-order valence-electron chi connectivity index (χ0n) is 9.46. The van der Waals surface area contributed by atoms with Crippen LogP contribution in [0.2, 0.25) is 0 Å². The lowest BCUT2D eigenvalue weighted by Gasteiger charge is -2.19. The zero-order chi connectivity index (χ0) is 12.5. The normalized spacial score (nSPS) is 16.1. The SMILES string of the molecule is Cc1ncc(S(=O)(=O)N(CCC#N)C2CC2)s1. The molecule has 1 aliphatic rings. The van der Waals surface area contributed by atoms with Crippen molar-refractivity contribution in [3.8, 4) is 6.07 Å². The summed E-state index contributed by atoms with van der Waals surface area (Å²) in [6, 6.07) is 2.07. The van der Waals surface area contributed by atoms with E-state index in [4.69, 9.17) is 5.26 Å². The molecule has 0 aliphatic heterocycles. The van der Waals surface area contributed by atoms with Crippen LogP contribution in [0.4, 0.5) is 0 Å². The molecular formula is C10H13N3O2S2. The second-order valence-electron chi connectivity index (χ2n) is 3.95. The molecule has 1 aromatic heterocycles. The van der Waals surface area contributed by atoms with Gasteiger partial charge in [-0.25, -0.2) is 13.4 Å². The number of sulfonamides is 1. The lowest BCUT2D eigenvalue weighted by molar-refractivity contribution is 0.412. The summed E-state index contributed by atoms with van der Waals surface area (Å²) in [4.78, 5) is 3.97. The smallest absolute Gasteiger partial charge is 0.249 e. The summed E-state index contributed by atoms with van der Waals surface area (Å²) in [5.41, 5.74) is 0. The van der Waals surface area contributed by atoms with Crippen LogP contribution in [-0.4, -0.2) is 30.3 Å². The maximum Gasteiger partial charge on any atom is 0.254 e. The largest absolute Gasteiger partial charge is 0.254 e. The third kappa shape index (κ3) is 2.65. The molecule has 92 valence electrons. The van der Waals surface area contributed by atoms with Crippen LogP contribution in [0.3, 0.4) is 0 Å². The molecule has 0 saturated heterocycles. The van der Waals surface area contributed by atoms with Crippen molar-refractivity contribution in [2.45, 2.75) is 36.4 Å². The van der Waals surface area contributed by atoms with Crippen LogP contribution in [0, 0.1) is 18.3 Å². The van der Waals surface area contributed by atoms with Gasteiger partial charge in [0, 0.05) is 19.0 Å². The van der Waals surface area contributed by atoms with Gasteiger partial charge in [-0.3, -0.25) is 0 Å². The van der Waals surface area contributed by atoms with Crippen molar-refractivity contribution in [3.05, 3.63) is 11.2 Å². The van der Waals surface area contributed by atoms with Gasteiger partial charge < -0.3 is 0 Å². The van der Waals surface area contributed by atoms with E-state index < -0.39 is 10.0 Å². The van der Waals surface area contributed by atoms with E-state index in [0.29, 0.717) is 0 Å². The molecule has 0 aromatic carbocycles. The number of aromatic nitrogens is 1. The maximum absolute atomic E-state index is 12.3. The average Bonchev–Trinajstić information content (AvgIpc) is 3.00. The first-order valence-corrected chi connectivity index (χ1v) is 7.62. The van der Waals surface area contributed by atoms with E-state index in [1.165, 1.54) is 21.8 Å². The number of aryl methyl sites for hydroxylation is 1. The topological polar surface area (TPSA) is 74.1 Å². The Hall–Kier alpha value is -0.970. The molecule has 1 heterocycles. The fourth-order valence-electron chi connectivity index (χ4n) is 1.60. The maximum atomic E-state index is 12.3. The summed E-state index contributed by atoms with van der Waals surface area (Å²) < 4.78 is 26.4. The predicted molar refractivity (Wildman–Crippen MR) is 64.0 cm³/mol. The Balaban J connectivity index is 2.25. The van der Waals surface area contributed by atoms with E-state index in [9.17, 15) is 8.42 Å². The summed E-state index contributed by atoms with van der Waals surface area (Å²) in [5.74, 6) is 0. The Morgan fingerprint density at radius 2 is 2.35 bits per heavy atom. The van der Waals surface area contributed by atoms with Gasteiger partial charge >= 0.3 is 0 Å². The molecule has 2 rings (SSSR count). The quantitative estimate of drug-likeness (QED) is 0.813. The van der Waals surface area contributed by atoms with Crippen LogP contribution >= 0.6 is 11.3 Å². The van der Waals surface area contributed by atoms with Crippen molar-refractivity contribution in [1.29, 1.82) is 5.26 Å². The third-order valence-corrected chi connectivity index (χ3v) is 5.86. The molecular weight excluding hydrogens is 258 g/mol. The fourth-order valence-corrected chi connectivity index (χ4v) is 4.52. The molecule has 0 atom stereocenters. The van der Waals surface area contributed by atoms with Gasteiger partial charge in [0.05, 0.1) is 17.3 Å². The summed E-state index contributed by atoms with van der Waals surface area (Å²) in [6.07, 6.45) is 3.41. The number of rotatable bonds is 5. The molecule has 1 aliphatic carbocycles. The number of hydrogen-bond acceptors (Lipinski definition) is 5. The first-order valence-electron chi connectivity index (χ1n) is 5.37. The molecule has 0 N–H and O–H groups in total. The van der Waals surface area contributed by atoms with Crippen molar-refractivity contribution >= 4 is 21.4 Å². The Kier molecular flexibility index (Phi) is 3.47. The molecule has 0 spiro atoms. The molecule has 7 heteroatoms. The predicted octanol–water partition coefficient (Wildman–Crippen LogP) is 1.52. The summed E-state index contributed by atoms with van der Waals surface area (Å²) in [7, 11) is -3.45. The van der Waals surface area contributed by atoms with E-state index in [2.05, 4.69) is 4.98 Å². The minimum absolute atomic E-state index is 0.0794. The highest BCUT2D eigenvalue weighted by Crippen LogP contribution is 2.33. The molecule has 0 bridgehead atoms. The number of nitriles is 1. The van der Waals surface area contributed by atoms with Crippen molar-refractivity contribution in [2.24, 2.45) is 0 Å². The van der Waals surface area contributed by atoms with Crippen LogP contribution in [-0.2, 0) is 10.0 Å². The van der Waals surface area contributed by atoms with Crippen LogP contribution in [0.5, 0.6) is 0 Å². The zero-order valence-corrected chi connectivity index (χ0v) is 11.1. The monoisotopic (exact) mass is 271 g/mol. The van der Waals surface area contributed by atoms with Gasteiger partial charge in [0.25, 0.3) is 10.0 Å². The Labute approximate surface area is 105 Å². The van der Waals surface area contributed by atoms with E-state index in [-0.39, 0.29) is 23.2 Å². The van der Waals surface area contributed by atoms with E-state index in [1.54, 1.807) is 6.92 Å². The summed E-state index contributed by atoms with van der Waals surface area (Å²) >= 11 is 1.18. The van der Waals surface area contributed by atoms with Gasteiger partial charge in [-0.05, 0) is 19.8 Å². The molecule has 1 fully saturated rings. The van der Waals surface area contributed by atoms with E-state index in [0.717, 1.165) is 17.8 Å². The molecule has 1 saturated carbocycles. The summed E-state index contributed by atoms with van der Waals surface area (Å²) in [5, 5.41) is 9.31. The van der Waals surface area contributed by atoms with E-state index in [1.807, 2.05) is 6.07 Å². The molecule has 0 radical (unpaired) electrons. The van der Waals surface area contributed by atoms with Gasteiger partial charge in [-0.1, -0.05) is 0 Å². The molecule has 5 nitrogen and oxygen atoms in total. The van der Waals surface area contributed by atoms with Gasteiger partial charge in [0.15, 0.2) is 4.21 Å². The Bertz CT molecular complexity index is 540. The van der Waals surface area contributed by atoms with Crippen LogP contribution in [0.1, 0.15) is 24.3 Å².